The standard InChI is InChI=1S/C4H12O4SSi/c1-10(2,3)8-4-9(5,6)7/h4H2,1-3H3,(H,5,6,7). The third kappa shape index (κ3) is 8.09. The molecule has 0 spiro atoms. The number of hydrogen-bond donors (Lipinski definition) is 1. The largest absolute Gasteiger partial charge is 0.402 e. The van der Waals surface area contributed by atoms with Crippen LogP contribution in [0.3, 0.4) is 0 Å². The summed E-state index contributed by atoms with van der Waals surface area (Å²) in [6.07, 6.45) is 0. The zero-order valence-electron chi connectivity index (χ0n) is 6.29. The van der Waals surface area contributed by atoms with E-state index in [2.05, 4.69) is 0 Å². The van der Waals surface area contributed by atoms with Gasteiger partial charge in [0, 0.05) is 0 Å². The average molecular weight is 184 g/mol. The Balaban J connectivity index is 3.79. The van der Waals surface area contributed by atoms with E-state index < -0.39 is 24.4 Å². The molecule has 0 aromatic heterocycles. The normalized spacial score (nSPS) is 13.6. The summed E-state index contributed by atoms with van der Waals surface area (Å²) in [5.74, 6) is -0.581. The van der Waals surface area contributed by atoms with Crippen molar-refractivity contribution in [2.75, 3.05) is 5.94 Å². The van der Waals surface area contributed by atoms with Crippen molar-refractivity contribution >= 4 is 18.4 Å². The minimum Gasteiger partial charge on any atom is -0.402 e. The van der Waals surface area contributed by atoms with E-state index in [-0.39, 0.29) is 0 Å². The van der Waals surface area contributed by atoms with Crippen LogP contribution in [0.5, 0.6) is 0 Å². The zero-order chi connectivity index (χ0) is 8.41. The molecule has 0 aliphatic rings. The predicted octanol–water partition coefficient (Wildman–Crippen LogP) is 0.683. The van der Waals surface area contributed by atoms with E-state index in [1.165, 1.54) is 0 Å². The first-order chi connectivity index (χ1) is 4.21. The Bertz CT molecular complexity index is 190. The minimum absolute atomic E-state index is 0.581. The van der Waals surface area contributed by atoms with E-state index in [0.29, 0.717) is 0 Å². The quantitative estimate of drug-likeness (QED) is 0.517. The lowest BCUT2D eigenvalue weighted by molar-refractivity contribution is 0.348. The summed E-state index contributed by atoms with van der Waals surface area (Å²) in [5.41, 5.74) is 0. The fourth-order valence-corrected chi connectivity index (χ4v) is 2.26. The molecule has 0 radical (unpaired) electrons. The lowest BCUT2D eigenvalue weighted by Gasteiger charge is -2.14. The molecule has 0 heterocycles. The lowest BCUT2D eigenvalue weighted by Crippen LogP contribution is -2.28. The van der Waals surface area contributed by atoms with Crippen molar-refractivity contribution in [2.24, 2.45) is 0 Å². The van der Waals surface area contributed by atoms with Crippen LogP contribution in [0.4, 0.5) is 0 Å². The third-order valence-electron chi connectivity index (χ3n) is 0.641. The lowest BCUT2D eigenvalue weighted by atomic mass is 11.7. The highest BCUT2D eigenvalue weighted by Gasteiger charge is 2.17. The summed E-state index contributed by atoms with van der Waals surface area (Å²) in [4.78, 5) is 0. The molecule has 0 amide bonds. The Morgan fingerprint density at radius 1 is 1.40 bits per heavy atom. The van der Waals surface area contributed by atoms with E-state index in [0.717, 1.165) is 0 Å². The topological polar surface area (TPSA) is 63.6 Å². The van der Waals surface area contributed by atoms with Gasteiger partial charge in [0.2, 0.25) is 0 Å². The van der Waals surface area contributed by atoms with Gasteiger partial charge in [0.05, 0.1) is 0 Å². The Hall–Kier alpha value is 0.0869. The monoisotopic (exact) mass is 184 g/mol. The smallest absolute Gasteiger partial charge is 0.288 e. The maximum atomic E-state index is 10.1. The van der Waals surface area contributed by atoms with Crippen molar-refractivity contribution in [3.8, 4) is 0 Å². The van der Waals surface area contributed by atoms with Crippen molar-refractivity contribution in [2.45, 2.75) is 19.6 Å². The molecule has 10 heavy (non-hydrogen) atoms. The summed E-state index contributed by atoms with van der Waals surface area (Å²) < 4.78 is 33.4. The van der Waals surface area contributed by atoms with E-state index >= 15 is 0 Å². The van der Waals surface area contributed by atoms with Crippen LogP contribution >= 0.6 is 0 Å². The molecule has 0 rings (SSSR count). The van der Waals surface area contributed by atoms with Gasteiger partial charge in [0.15, 0.2) is 14.3 Å². The summed E-state index contributed by atoms with van der Waals surface area (Å²) in [6, 6.07) is 0. The van der Waals surface area contributed by atoms with Crippen LogP contribution in [0, 0.1) is 0 Å². The Kier molecular flexibility index (Phi) is 3.02. The fraction of sp³-hybridized carbons (Fsp3) is 1.00. The Morgan fingerprint density at radius 3 is 1.90 bits per heavy atom. The van der Waals surface area contributed by atoms with Gasteiger partial charge in [-0.15, -0.1) is 0 Å². The maximum Gasteiger partial charge on any atom is 0.288 e. The highest BCUT2D eigenvalue weighted by molar-refractivity contribution is 7.85. The van der Waals surface area contributed by atoms with Crippen molar-refractivity contribution in [1.29, 1.82) is 0 Å². The maximum absolute atomic E-state index is 10.1. The van der Waals surface area contributed by atoms with Gasteiger partial charge in [0.1, 0.15) is 0 Å². The van der Waals surface area contributed by atoms with Gasteiger partial charge >= 0.3 is 0 Å². The Labute approximate surface area is 62.1 Å². The number of rotatable bonds is 3. The molecule has 0 atom stereocenters. The molecule has 0 saturated carbocycles. The molecule has 0 aromatic rings. The molecule has 0 aromatic carbocycles. The summed E-state index contributed by atoms with van der Waals surface area (Å²) >= 11 is 0. The second-order valence-corrected chi connectivity index (χ2v) is 8.87. The second-order valence-electron chi connectivity index (χ2n) is 2.96. The molecule has 0 saturated heterocycles. The van der Waals surface area contributed by atoms with Crippen molar-refractivity contribution < 1.29 is 17.4 Å². The fourth-order valence-electron chi connectivity index (χ4n) is 0.251. The minimum atomic E-state index is -3.94. The summed E-state index contributed by atoms with van der Waals surface area (Å²) in [6.45, 7) is 5.54. The van der Waals surface area contributed by atoms with Gasteiger partial charge in [-0.1, -0.05) is 0 Å². The SMILES string of the molecule is C[Si](C)(C)OCS(=O)(=O)O. The van der Waals surface area contributed by atoms with Crippen molar-refractivity contribution in [3.63, 3.8) is 0 Å². The first-order valence-electron chi connectivity index (χ1n) is 2.80. The first-order valence-corrected chi connectivity index (χ1v) is 7.81. The molecular formula is C4H12O4SSi. The molecule has 6 heteroatoms. The molecule has 0 bridgehead atoms. The van der Waals surface area contributed by atoms with Gasteiger partial charge in [-0.05, 0) is 19.6 Å². The van der Waals surface area contributed by atoms with Crippen LogP contribution in [0.2, 0.25) is 19.6 Å². The summed E-state index contributed by atoms with van der Waals surface area (Å²) in [7, 11) is -5.75. The van der Waals surface area contributed by atoms with Gasteiger partial charge in [-0.3, -0.25) is 4.55 Å². The van der Waals surface area contributed by atoms with Gasteiger partial charge in [-0.2, -0.15) is 8.42 Å². The molecule has 0 fully saturated rings. The first kappa shape index (κ1) is 10.1. The van der Waals surface area contributed by atoms with E-state index in [4.69, 9.17) is 8.98 Å². The zero-order valence-corrected chi connectivity index (χ0v) is 8.10. The van der Waals surface area contributed by atoms with Crippen LogP contribution in [-0.4, -0.2) is 27.2 Å². The molecule has 62 valence electrons. The molecule has 4 nitrogen and oxygen atoms in total. The summed E-state index contributed by atoms with van der Waals surface area (Å²) in [5, 5.41) is 0. The molecule has 0 aliphatic carbocycles. The van der Waals surface area contributed by atoms with Crippen molar-refractivity contribution in [3.05, 3.63) is 0 Å². The van der Waals surface area contributed by atoms with E-state index in [1.807, 2.05) is 19.6 Å². The van der Waals surface area contributed by atoms with Crippen LogP contribution in [-0.2, 0) is 14.5 Å². The van der Waals surface area contributed by atoms with Crippen LogP contribution < -0.4 is 0 Å². The van der Waals surface area contributed by atoms with Gasteiger partial charge in [0.25, 0.3) is 10.1 Å². The van der Waals surface area contributed by atoms with Gasteiger partial charge < -0.3 is 4.43 Å². The van der Waals surface area contributed by atoms with Crippen LogP contribution in [0.25, 0.3) is 0 Å². The van der Waals surface area contributed by atoms with Crippen LogP contribution in [0.15, 0.2) is 0 Å². The third-order valence-corrected chi connectivity index (χ3v) is 2.28. The van der Waals surface area contributed by atoms with Gasteiger partial charge in [-0.25, -0.2) is 0 Å². The second kappa shape index (κ2) is 2.99. The average Bonchev–Trinajstić information content (AvgIpc) is 1.57. The van der Waals surface area contributed by atoms with Crippen LogP contribution in [0.1, 0.15) is 0 Å². The molecular weight excluding hydrogens is 172 g/mol. The highest BCUT2D eigenvalue weighted by atomic mass is 32.2. The van der Waals surface area contributed by atoms with E-state index in [9.17, 15) is 8.42 Å². The molecule has 1 N–H and O–H groups in total. The number of hydrogen-bond acceptors (Lipinski definition) is 3. The van der Waals surface area contributed by atoms with E-state index in [1.54, 1.807) is 0 Å². The molecule has 0 unspecified atom stereocenters. The van der Waals surface area contributed by atoms with Crippen molar-refractivity contribution in [1.82, 2.24) is 0 Å². The Morgan fingerprint density at radius 2 is 1.80 bits per heavy atom. The predicted molar refractivity (Wildman–Crippen MR) is 40.8 cm³/mol. The highest BCUT2D eigenvalue weighted by Crippen LogP contribution is 2.02. The molecule has 0 aliphatic heterocycles.